The van der Waals surface area contributed by atoms with Crippen LogP contribution in [0.3, 0.4) is 0 Å². The fourth-order valence-corrected chi connectivity index (χ4v) is 3.89. The van der Waals surface area contributed by atoms with Gasteiger partial charge in [0.1, 0.15) is 0 Å². The highest BCUT2D eigenvalue weighted by molar-refractivity contribution is 5.88. The third-order valence-electron chi connectivity index (χ3n) is 5.02. The minimum atomic E-state index is -0.136. The predicted octanol–water partition coefficient (Wildman–Crippen LogP) is 4.49. The van der Waals surface area contributed by atoms with Crippen LogP contribution in [0, 0.1) is 17.8 Å². The SMILES string of the molecule is C=C(C(=O)OCCCC)C1CCC2CCCCCC21. The van der Waals surface area contributed by atoms with Gasteiger partial charge in [-0.2, -0.15) is 0 Å². The minimum absolute atomic E-state index is 0.136. The van der Waals surface area contributed by atoms with Crippen molar-refractivity contribution in [3.8, 4) is 0 Å². The number of fused-ring (bicyclic) bond motifs is 1. The summed E-state index contributed by atoms with van der Waals surface area (Å²) in [4.78, 5) is 12.0. The quantitative estimate of drug-likeness (QED) is 0.415. The van der Waals surface area contributed by atoms with E-state index in [1.807, 2.05) is 0 Å². The first kappa shape index (κ1) is 14.6. The monoisotopic (exact) mass is 264 g/mol. The summed E-state index contributed by atoms with van der Waals surface area (Å²) >= 11 is 0. The average Bonchev–Trinajstić information content (AvgIpc) is 2.66. The second kappa shape index (κ2) is 7.12. The molecule has 0 amide bonds. The molecule has 0 aromatic carbocycles. The molecule has 3 unspecified atom stereocenters. The topological polar surface area (TPSA) is 26.3 Å². The van der Waals surface area contributed by atoms with Crippen molar-refractivity contribution in [2.45, 2.75) is 64.7 Å². The highest BCUT2D eigenvalue weighted by Gasteiger charge is 2.39. The van der Waals surface area contributed by atoms with Gasteiger partial charge in [0.05, 0.1) is 6.61 Å². The van der Waals surface area contributed by atoms with Gasteiger partial charge in [-0.3, -0.25) is 0 Å². The van der Waals surface area contributed by atoms with Crippen molar-refractivity contribution >= 4 is 5.97 Å². The van der Waals surface area contributed by atoms with E-state index < -0.39 is 0 Å². The van der Waals surface area contributed by atoms with Gasteiger partial charge >= 0.3 is 5.97 Å². The molecule has 2 saturated carbocycles. The molecule has 0 aromatic rings. The van der Waals surface area contributed by atoms with Gasteiger partial charge < -0.3 is 4.74 Å². The number of hydrogen-bond acceptors (Lipinski definition) is 2. The van der Waals surface area contributed by atoms with Gasteiger partial charge in [0.25, 0.3) is 0 Å². The molecule has 2 fully saturated rings. The molecule has 2 nitrogen and oxygen atoms in total. The standard InChI is InChI=1S/C17H28O2/c1-3-4-12-19-17(18)13(2)15-11-10-14-8-6-5-7-9-16(14)15/h14-16H,2-12H2,1H3. The van der Waals surface area contributed by atoms with E-state index in [1.165, 1.54) is 38.5 Å². The summed E-state index contributed by atoms with van der Waals surface area (Å²) in [5.41, 5.74) is 0.755. The van der Waals surface area contributed by atoms with Crippen molar-refractivity contribution in [1.29, 1.82) is 0 Å². The Morgan fingerprint density at radius 3 is 2.74 bits per heavy atom. The zero-order valence-corrected chi connectivity index (χ0v) is 12.3. The summed E-state index contributed by atoms with van der Waals surface area (Å²) in [6.07, 6.45) is 11.2. The van der Waals surface area contributed by atoms with Crippen LogP contribution < -0.4 is 0 Å². The van der Waals surface area contributed by atoms with E-state index >= 15 is 0 Å². The zero-order chi connectivity index (χ0) is 13.7. The van der Waals surface area contributed by atoms with Gasteiger partial charge in [-0.1, -0.05) is 45.6 Å². The van der Waals surface area contributed by atoms with Crippen molar-refractivity contribution < 1.29 is 9.53 Å². The molecule has 0 aromatic heterocycles. The Bertz CT molecular complexity index is 321. The van der Waals surface area contributed by atoms with Gasteiger partial charge in [-0.15, -0.1) is 0 Å². The lowest BCUT2D eigenvalue weighted by atomic mass is 9.82. The molecule has 19 heavy (non-hydrogen) atoms. The molecular formula is C17H28O2. The van der Waals surface area contributed by atoms with Gasteiger partial charge in [0, 0.05) is 5.57 Å². The highest BCUT2D eigenvalue weighted by Crippen LogP contribution is 2.47. The van der Waals surface area contributed by atoms with Gasteiger partial charge in [-0.25, -0.2) is 4.79 Å². The summed E-state index contributed by atoms with van der Waals surface area (Å²) in [6, 6.07) is 0. The van der Waals surface area contributed by atoms with Crippen molar-refractivity contribution in [3.05, 3.63) is 12.2 Å². The van der Waals surface area contributed by atoms with Crippen molar-refractivity contribution in [1.82, 2.24) is 0 Å². The lowest BCUT2D eigenvalue weighted by molar-refractivity contribution is -0.139. The van der Waals surface area contributed by atoms with E-state index in [2.05, 4.69) is 13.5 Å². The van der Waals surface area contributed by atoms with Gasteiger partial charge in [0.2, 0.25) is 0 Å². The predicted molar refractivity (Wildman–Crippen MR) is 77.8 cm³/mol. The fourth-order valence-electron chi connectivity index (χ4n) is 3.89. The van der Waals surface area contributed by atoms with E-state index in [4.69, 9.17) is 4.74 Å². The van der Waals surface area contributed by atoms with E-state index in [1.54, 1.807) is 0 Å². The Kier molecular flexibility index (Phi) is 5.47. The van der Waals surface area contributed by atoms with Gasteiger partial charge in [0.15, 0.2) is 0 Å². The summed E-state index contributed by atoms with van der Waals surface area (Å²) in [7, 11) is 0. The Hall–Kier alpha value is -0.790. The molecule has 0 spiro atoms. The molecule has 2 rings (SSSR count). The van der Waals surface area contributed by atoms with Crippen LogP contribution >= 0.6 is 0 Å². The maximum Gasteiger partial charge on any atom is 0.333 e. The smallest absolute Gasteiger partial charge is 0.333 e. The number of carbonyl (C=O) groups is 1. The molecule has 0 radical (unpaired) electrons. The van der Waals surface area contributed by atoms with Crippen LogP contribution in [0.2, 0.25) is 0 Å². The number of carbonyl (C=O) groups excluding carboxylic acids is 1. The third kappa shape index (κ3) is 3.61. The molecule has 0 bridgehead atoms. The van der Waals surface area contributed by atoms with Crippen LogP contribution in [0.1, 0.15) is 64.7 Å². The number of hydrogen-bond donors (Lipinski definition) is 0. The summed E-state index contributed by atoms with van der Waals surface area (Å²) in [6.45, 7) is 6.72. The first-order valence-corrected chi connectivity index (χ1v) is 8.10. The zero-order valence-electron chi connectivity index (χ0n) is 12.3. The van der Waals surface area contributed by atoms with E-state index in [0.29, 0.717) is 18.4 Å². The lowest BCUT2D eigenvalue weighted by Crippen LogP contribution is -2.21. The second-order valence-corrected chi connectivity index (χ2v) is 6.26. The molecule has 3 atom stereocenters. The molecule has 108 valence electrons. The fraction of sp³-hybridized carbons (Fsp3) is 0.824. The van der Waals surface area contributed by atoms with Crippen LogP contribution in [0.5, 0.6) is 0 Å². The molecule has 0 aliphatic heterocycles. The Labute approximate surface area is 117 Å². The van der Waals surface area contributed by atoms with E-state index in [0.717, 1.165) is 30.8 Å². The number of rotatable bonds is 5. The number of esters is 1. The van der Waals surface area contributed by atoms with E-state index in [-0.39, 0.29) is 5.97 Å². The van der Waals surface area contributed by atoms with E-state index in [9.17, 15) is 4.79 Å². The summed E-state index contributed by atoms with van der Waals surface area (Å²) in [5, 5.41) is 0. The maximum atomic E-state index is 12.0. The molecule has 2 aliphatic carbocycles. The van der Waals surface area contributed by atoms with Crippen LogP contribution in [0.15, 0.2) is 12.2 Å². The Morgan fingerprint density at radius 1 is 1.16 bits per heavy atom. The van der Waals surface area contributed by atoms with Gasteiger partial charge in [-0.05, 0) is 43.4 Å². The van der Waals surface area contributed by atoms with Crippen molar-refractivity contribution in [2.24, 2.45) is 17.8 Å². The van der Waals surface area contributed by atoms with Crippen LogP contribution in [-0.2, 0) is 9.53 Å². The second-order valence-electron chi connectivity index (χ2n) is 6.26. The van der Waals surface area contributed by atoms with Crippen LogP contribution in [0.4, 0.5) is 0 Å². The minimum Gasteiger partial charge on any atom is -0.462 e. The third-order valence-corrected chi connectivity index (χ3v) is 5.02. The number of ether oxygens (including phenoxy) is 1. The van der Waals surface area contributed by atoms with Crippen LogP contribution in [-0.4, -0.2) is 12.6 Å². The first-order valence-electron chi connectivity index (χ1n) is 8.10. The Morgan fingerprint density at radius 2 is 1.95 bits per heavy atom. The van der Waals surface area contributed by atoms with Crippen molar-refractivity contribution in [2.75, 3.05) is 6.61 Å². The number of unbranched alkanes of at least 4 members (excludes halogenated alkanes) is 1. The average molecular weight is 264 g/mol. The Balaban J connectivity index is 1.89. The summed E-state index contributed by atoms with van der Waals surface area (Å²) < 4.78 is 5.33. The largest absolute Gasteiger partial charge is 0.462 e. The highest BCUT2D eigenvalue weighted by atomic mass is 16.5. The molecule has 0 heterocycles. The molecular weight excluding hydrogens is 236 g/mol. The maximum absolute atomic E-state index is 12.0. The molecule has 0 N–H and O–H groups in total. The van der Waals surface area contributed by atoms with Crippen LogP contribution in [0.25, 0.3) is 0 Å². The lowest BCUT2D eigenvalue weighted by Gasteiger charge is -2.23. The normalized spacial score (nSPS) is 30.5. The molecule has 0 saturated heterocycles. The first-order chi connectivity index (χ1) is 9.24. The summed E-state index contributed by atoms with van der Waals surface area (Å²) in [5.74, 6) is 1.81. The van der Waals surface area contributed by atoms with Crippen molar-refractivity contribution in [3.63, 3.8) is 0 Å². The molecule has 2 aliphatic rings. The molecule has 2 heteroatoms.